The van der Waals surface area contributed by atoms with E-state index in [4.69, 9.17) is 19.4 Å². The maximum absolute atomic E-state index is 6.98. The zero-order valence-corrected chi connectivity index (χ0v) is 26.9. The van der Waals surface area contributed by atoms with Crippen LogP contribution in [0.15, 0.2) is 174 Å². The molecule has 0 saturated carbocycles. The summed E-state index contributed by atoms with van der Waals surface area (Å²) >= 11 is 0. The first kappa shape index (κ1) is 28.2. The molecule has 50 heavy (non-hydrogen) atoms. The van der Waals surface area contributed by atoms with Crippen LogP contribution < -0.4 is 0 Å². The molecule has 3 heterocycles. The maximum atomic E-state index is 6.98. The van der Waals surface area contributed by atoms with E-state index in [1.807, 2.05) is 66.7 Å². The number of fused-ring (bicyclic) bond motifs is 6. The lowest BCUT2D eigenvalue weighted by Crippen LogP contribution is -2.00. The van der Waals surface area contributed by atoms with Gasteiger partial charge in [-0.1, -0.05) is 146 Å². The van der Waals surface area contributed by atoms with Crippen LogP contribution in [0.3, 0.4) is 0 Å². The van der Waals surface area contributed by atoms with Gasteiger partial charge in [-0.3, -0.25) is 0 Å². The standard InChI is InChI=1S/C45H28N4O/c1-4-15-29(16-5-1)32-22-13-27-38-40(32)35-21-10-11-26-37(35)49(38)39-28-14-24-34-33-23-12-25-36(41(33)50-42(34)39)45-47-43(30-17-6-2-7-18-30)46-44(48-45)31-19-8-3-9-20-31/h1-28H. The van der Waals surface area contributed by atoms with Crippen molar-refractivity contribution in [2.75, 3.05) is 0 Å². The van der Waals surface area contributed by atoms with E-state index in [2.05, 4.69) is 108 Å². The van der Waals surface area contributed by atoms with E-state index in [-0.39, 0.29) is 0 Å². The summed E-state index contributed by atoms with van der Waals surface area (Å²) in [5.74, 6) is 1.79. The molecule has 0 aliphatic rings. The van der Waals surface area contributed by atoms with E-state index in [9.17, 15) is 0 Å². The van der Waals surface area contributed by atoms with Crippen molar-refractivity contribution in [3.05, 3.63) is 170 Å². The molecule has 0 saturated heterocycles. The normalized spacial score (nSPS) is 11.6. The van der Waals surface area contributed by atoms with Crippen LogP contribution in [0.4, 0.5) is 0 Å². The second-order valence-corrected chi connectivity index (χ2v) is 12.4. The molecule has 10 aromatic rings. The molecule has 3 aromatic heterocycles. The van der Waals surface area contributed by atoms with Gasteiger partial charge in [0.2, 0.25) is 0 Å². The molecule has 10 rings (SSSR count). The summed E-state index contributed by atoms with van der Waals surface area (Å²) < 4.78 is 9.31. The second-order valence-electron chi connectivity index (χ2n) is 12.4. The van der Waals surface area contributed by atoms with Gasteiger partial charge in [-0.05, 0) is 35.4 Å². The quantitative estimate of drug-likeness (QED) is 0.188. The maximum Gasteiger partial charge on any atom is 0.167 e. The fourth-order valence-corrected chi connectivity index (χ4v) is 7.22. The number of rotatable bonds is 5. The molecule has 0 aliphatic carbocycles. The van der Waals surface area contributed by atoms with Gasteiger partial charge in [-0.25, -0.2) is 15.0 Å². The molecule has 0 bridgehead atoms. The summed E-state index contributed by atoms with van der Waals surface area (Å²) in [5.41, 5.74) is 9.83. The Hall–Kier alpha value is -6.85. The smallest absolute Gasteiger partial charge is 0.167 e. The molecule has 0 radical (unpaired) electrons. The van der Waals surface area contributed by atoms with Crippen molar-refractivity contribution in [2.45, 2.75) is 0 Å². The van der Waals surface area contributed by atoms with Crippen LogP contribution in [0.25, 0.3) is 94.7 Å². The zero-order valence-electron chi connectivity index (χ0n) is 26.9. The Morgan fingerprint density at radius 2 is 0.860 bits per heavy atom. The van der Waals surface area contributed by atoms with Gasteiger partial charge in [0.1, 0.15) is 5.58 Å². The summed E-state index contributed by atoms with van der Waals surface area (Å²) in [7, 11) is 0. The summed E-state index contributed by atoms with van der Waals surface area (Å²) in [6.07, 6.45) is 0. The fourth-order valence-electron chi connectivity index (χ4n) is 7.22. The lowest BCUT2D eigenvalue weighted by atomic mass is 9.99. The van der Waals surface area contributed by atoms with Crippen molar-refractivity contribution >= 4 is 43.7 Å². The number of nitrogens with zero attached hydrogens (tertiary/aromatic N) is 4. The van der Waals surface area contributed by atoms with Crippen LogP contribution >= 0.6 is 0 Å². The highest BCUT2D eigenvalue weighted by Gasteiger charge is 2.22. The molecule has 0 aliphatic heterocycles. The molecule has 0 atom stereocenters. The highest BCUT2D eigenvalue weighted by molar-refractivity contribution is 6.17. The van der Waals surface area contributed by atoms with E-state index in [0.717, 1.165) is 55.3 Å². The van der Waals surface area contributed by atoms with Crippen LogP contribution in [0.5, 0.6) is 0 Å². The number of furan rings is 1. The van der Waals surface area contributed by atoms with E-state index < -0.39 is 0 Å². The first-order chi connectivity index (χ1) is 24.8. The number of hydrogen-bond donors (Lipinski definition) is 0. The molecule has 5 heteroatoms. The van der Waals surface area contributed by atoms with Crippen LogP contribution in [-0.2, 0) is 0 Å². The van der Waals surface area contributed by atoms with Gasteiger partial charge in [-0.15, -0.1) is 0 Å². The highest BCUT2D eigenvalue weighted by atomic mass is 16.3. The van der Waals surface area contributed by atoms with Crippen molar-refractivity contribution < 1.29 is 4.42 Å². The predicted octanol–water partition coefficient (Wildman–Crippen LogP) is 11.5. The number of hydrogen-bond acceptors (Lipinski definition) is 4. The molecule has 0 N–H and O–H groups in total. The van der Waals surface area contributed by atoms with Gasteiger partial charge < -0.3 is 8.98 Å². The number of aromatic nitrogens is 4. The topological polar surface area (TPSA) is 56.7 Å². The Bertz CT molecular complexity index is 2800. The summed E-state index contributed by atoms with van der Waals surface area (Å²) in [5, 5.41) is 4.45. The first-order valence-corrected chi connectivity index (χ1v) is 16.7. The third-order valence-corrected chi connectivity index (χ3v) is 9.47. The molecular formula is C45H28N4O. The van der Waals surface area contributed by atoms with Crippen molar-refractivity contribution in [1.29, 1.82) is 0 Å². The molecule has 234 valence electrons. The van der Waals surface area contributed by atoms with Crippen molar-refractivity contribution in [1.82, 2.24) is 19.5 Å². The van der Waals surface area contributed by atoms with Crippen molar-refractivity contribution in [2.24, 2.45) is 0 Å². The van der Waals surface area contributed by atoms with E-state index in [1.54, 1.807) is 0 Å². The Kier molecular flexibility index (Phi) is 6.42. The Morgan fingerprint density at radius 3 is 1.56 bits per heavy atom. The van der Waals surface area contributed by atoms with Gasteiger partial charge in [-0.2, -0.15) is 0 Å². The van der Waals surface area contributed by atoms with Crippen molar-refractivity contribution in [3.8, 4) is 51.0 Å². The largest absolute Gasteiger partial charge is 0.453 e. The first-order valence-electron chi connectivity index (χ1n) is 16.7. The Morgan fingerprint density at radius 1 is 0.360 bits per heavy atom. The minimum Gasteiger partial charge on any atom is -0.453 e. The Labute approximate surface area is 287 Å². The second kappa shape index (κ2) is 11.4. The Balaban J connectivity index is 1.23. The third-order valence-electron chi connectivity index (χ3n) is 9.47. The van der Waals surface area contributed by atoms with Crippen LogP contribution in [-0.4, -0.2) is 19.5 Å². The predicted molar refractivity (Wildman–Crippen MR) is 203 cm³/mol. The van der Waals surface area contributed by atoms with E-state index >= 15 is 0 Å². The van der Waals surface area contributed by atoms with Gasteiger partial charge in [0.05, 0.1) is 22.3 Å². The molecule has 7 aromatic carbocycles. The van der Waals surface area contributed by atoms with Crippen LogP contribution in [0.1, 0.15) is 0 Å². The molecule has 5 nitrogen and oxygen atoms in total. The molecule has 0 amide bonds. The lowest BCUT2D eigenvalue weighted by Gasteiger charge is -2.09. The molecule has 0 spiro atoms. The van der Waals surface area contributed by atoms with Gasteiger partial charge in [0, 0.05) is 32.7 Å². The lowest BCUT2D eigenvalue weighted by molar-refractivity contribution is 0.667. The summed E-state index contributed by atoms with van der Waals surface area (Å²) in [6.45, 7) is 0. The van der Waals surface area contributed by atoms with E-state index in [1.165, 1.54) is 21.9 Å². The van der Waals surface area contributed by atoms with Crippen LogP contribution in [0, 0.1) is 0 Å². The van der Waals surface area contributed by atoms with Crippen LogP contribution in [0.2, 0.25) is 0 Å². The highest BCUT2D eigenvalue weighted by Crippen LogP contribution is 2.42. The SMILES string of the molecule is c1ccc(-c2nc(-c3ccccc3)nc(-c3cccc4c3oc3c(-n5c6ccccc6c6c(-c7ccccc7)cccc65)cccc34)n2)cc1. The monoisotopic (exact) mass is 640 g/mol. The number of para-hydroxylation sites is 3. The minimum atomic E-state index is 0.563. The summed E-state index contributed by atoms with van der Waals surface area (Å²) in [4.78, 5) is 15.0. The minimum absolute atomic E-state index is 0.563. The van der Waals surface area contributed by atoms with Gasteiger partial charge in [0.25, 0.3) is 0 Å². The van der Waals surface area contributed by atoms with E-state index in [0.29, 0.717) is 17.5 Å². The van der Waals surface area contributed by atoms with Gasteiger partial charge >= 0.3 is 0 Å². The molecule has 0 unspecified atom stereocenters. The average molecular weight is 641 g/mol. The van der Waals surface area contributed by atoms with Crippen molar-refractivity contribution in [3.63, 3.8) is 0 Å². The molecular weight excluding hydrogens is 613 g/mol. The fraction of sp³-hybridized carbons (Fsp3) is 0. The number of benzene rings is 7. The average Bonchev–Trinajstić information content (AvgIpc) is 3.75. The third kappa shape index (κ3) is 4.45. The zero-order chi connectivity index (χ0) is 33.0. The van der Waals surface area contributed by atoms with Gasteiger partial charge in [0.15, 0.2) is 23.1 Å². The molecule has 0 fully saturated rings. The summed E-state index contributed by atoms with van der Waals surface area (Å²) in [6, 6.07) is 58.5.